The van der Waals surface area contributed by atoms with E-state index >= 15 is 4.39 Å². The van der Waals surface area contributed by atoms with Crippen molar-refractivity contribution in [3.63, 3.8) is 0 Å². The Morgan fingerprint density at radius 3 is 2.12 bits per heavy atom. The van der Waals surface area contributed by atoms with E-state index in [2.05, 4.69) is 40.7 Å². The number of nitrogens with one attached hydrogen (secondary N) is 3. The number of amides is 4. The number of nitriles is 1. The standard InChI is InChI=1S/C42H37F4N11O3/c43-38-33(11-12-36(51-38)52-39-32-13-15-56(24-35(32)49-25-50-39)31-6-3-27(22-47)34(21-31)42(44,45)46)40(59)48-23-26-1-4-28(5-2-26)54-17-19-55(20-18-54)29-7-9-30(10-8-29)57-16-14-37(58)53-41(57)60/h1-12,21,25H,13-20,23-24H2,(H,48,59)(H,53,58,60)(H,49,50,51,52). The molecule has 4 amide bonds. The third-order valence-corrected chi connectivity index (χ3v) is 10.8. The van der Waals surface area contributed by atoms with Crippen molar-refractivity contribution < 1.29 is 31.9 Å². The average molecular weight is 820 g/mol. The lowest BCUT2D eigenvalue weighted by atomic mass is 10.0. The van der Waals surface area contributed by atoms with E-state index in [4.69, 9.17) is 5.26 Å². The first-order valence-electron chi connectivity index (χ1n) is 19.1. The van der Waals surface area contributed by atoms with Crippen LogP contribution in [0.1, 0.15) is 44.7 Å². The molecule has 3 aliphatic heterocycles. The number of halogens is 4. The zero-order chi connectivity index (χ0) is 42.0. The molecule has 0 atom stereocenters. The molecule has 60 heavy (non-hydrogen) atoms. The van der Waals surface area contributed by atoms with E-state index in [1.165, 1.54) is 24.5 Å². The molecule has 14 nitrogen and oxygen atoms in total. The maximum Gasteiger partial charge on any atom is 0.417 e. The van der Waals surface area contributed by atoms with Crippen LogP contribution >= 0.6 is 0 Å². The van der Waals surface area contributed by atoms with Gasteiger partial charge in [-0.05, 0) is 78.7 Å². The van der Waals surface area contributed by atoms with Gasteiger partial charge in [-0.2, -0.15) is 22.8 Å². The van der Waals surface area contributed by atoms with Crippen molar-refractivity contribution in [2.75, 3.05) is 64.2 Å². The van der Waals surface area contributed by atoms with E-state index in [-0.39, 0.29) is 36.8 Å². The number of hydrogen-bond acceptors (Lipinski definition) is 11. The fourth-order valence-corrected chi connectivity index (χ4v) is 7.52. The van der Waals surface area contributed by atoms with Gasteiger partial charge in [0, 0.05) is 80.5 Å². The fourth-order valence-electron chi connectivity index (χ4n) is 7.52. The first-order chi connectivity index (χ1) is 28.9. The first-order valence-corrected chi connectivity index (χ1v) is 19.1. The quantitative estimate of drug-likeness (QED) is 0.120. The molecule has 0 saturated carbocycles. The van der Waals surface area contributed by atoms with E-state index in [0.29, 0.717) is 42.3 Å². The average Bonchev–Trinajstić information content (AvgIpc) is 3.25. The molecule has 18 heteroatoms. The fraction of sp³-hybridized carbons (Fsp3) is 0.262. The first kappa shape index (κ1) is 39.5. The summed E-state index contributed by atoms with van der Waals surface area (Å²) in [4.78, 5) is 57.1. The Morgan fingerprint density at radius 2 is 1.47 bits per heavy atom. The number of anilines is 6. The lowest BCUT2D eigenvalue weighted by molar-refractivity contribution is -0.137. The van der Waals surface area contributed by atoms with Crippen molar-refractivity contribution >= 4 is 52.2 Å². The maximum absolute atomic E-state index is 15.2. The van der Waals surface area contributed by atoms with Gasteiger partial charge in [0.05, 0.1) is 35.0 Å². The van der Waals surface area contributed by atoms with Gasteiger partial charge in [0.25, 0.3) is 5.91 Å². The van der Waals surface area contributed by atoms with Crippen molar-refractivity contribution in [1.29, 1.82) is 5.26 Å². The SMILES string of the molecule is N#Cc1ccc(N2CCc3c(ncnc3Nc3ccc(C(=O)NCc4ccc(N5CCN(c6ccc(N7CCC(=O)NC7=O)cc6)CC5)cc4)c(F)n3)C2)cc1C(F)(F)F. The second-order valence-corrected chi connectivity index (χ2v) is 14.4. The molecule has 2 aromatic heterocycles. The van der Waals surface area contributed by atoms with Crippen LogP contribution in [0.2, 0.25) is 0 Å². The molecule has 3 aliphatic rings. The molecule has 8 rings (SSSR count). The largest absolute Gasteiger partial charge is 0.417 e. The number of fused-ring (bicyclic) bond motifs is 1. The van der Waals surface area contributed by atoms with Crippen LogP contribution in [-0.2, 0) is 30.5 Å². The number of hydrogen-bond donors (Lipinski definition) is 3. The van der Waals surface area contributed by atoms with Crippen molar-refractivity contribution in [3.05, 3.63) is 125 Å². The number of carbonyl (C=O) groups excluding carboxylic acids is 3. The van der Waals surface area contributed by atoms with E-state index in [1.54, 1.807) is 15.9 Å². The minimum absolute atomic E-state index is 0.103. The van der Waals surface area contributed by atoms with Crippen LogP contribution in [0.3, 0.4) is 0 Å². The van der Waals surface area contributed by atoms with Crippen LogP contribution in [0, 0.1) is 17.3 Å². The molecule has 0 bridgehead atoms. The van der Waals surface area contributed by atoms with Crippen molar-refractivity contribution in [2.24, 2.45) is 0 Å². The number of imide groups is 1. The van der Waals surface area contributed by atoms with Crippen LogP contribution in [-0.4, -0.2) is 72.1 Å². The Labute approximate surface area is 341 Å². The van der Waals surface area contributed by atoms with Crippen LogP contribution in [0.25, 0.3) is 0 Å². The van der Waals surface area contributed by atoms with Gasteiger partial charge in [-0.25, -0.2) is 19.7 Å². The number of piperazine rings is 1. The molecular weight excluding hydrogens is 783 g/mol. The summed E-state index contributed by atoms with van der Waals surface area (Å²) in [6.07, 6.45) is -2.75. The molecule has 2 saturated heterocycles. The molecule has 3 N–H and O–H groups in total. The Kier molecular flexibility index (Phi) is 10.9. The summed E-state index contributed by atoms with van der Waals surface area (Å²) in [5.74, 6) is -1.42. The normalized spacial score (nSPS) is 15.6. The zero-order valence-corrected chi connectivity index (χ0v) is 32.0. The van der Waals surface area contributed by atoms with E-state index in [0.717, 1.165) is 60.9 Å². The molecular formula is C42H37F4N11O3. The highest BCUT2D eigenvalue weighted by Crippen LogP contribution is 2.36. The molecule has 0 spiro atoms. The van der Waals surface area contributed by atoms with Gasteiger partial charge >= 0.3 is 12.2 Å². The number of alkyl halides is 3. The van der Waals surface area contributed by atoms with Crippen LogP contribution in [0.15, 0.2) is 85.2 Å². The molecule has 2 fully saturated rings. The molecule has 3 aromatic carbocycles. The number of aromatic nitrogens is 3. The smallest absolute Gasteiger partial charge is 0.368 e. The summed E-state index contributed by atoms with van der Waals surface area (Å²) >= 11 is 0. The van der Waals surface area contributed by atoms with E-state index < -0.39 is 35.2 Å². The lowest BCUT2D eigenvalue weighted by Gasteiger charge is -2.37. The Bertz CT molecular complexity index is 2490. The summed E-state index contributed by atoms with van der Waals surface area (Å²) in [7, 11) is 0. The van der Waals surface area contributed by atoms with Crippen molar-refractivity contribution in [2.45, 2.75) is 32.1 Å². The number of nitrogens with zero attached hydrogens (tertiary/aromatic N) is 8. The molecule has 5 heterocycles. The number of pyridine rings is 1. The summed E-state index contributed by atoms with van der Waals surface area (Å²) in [5.41, 5.74) is 3.52. The molecule has 0 unspecified atom stereocenters. The van der Waals surface area contributed by atoms with Gasteiger partial charge in [-0.15, -0.1) is 0 Å². The van der Waals surface area contributed by atoms with E-state index in [9.17, 15) is 27.6 Å². The van der Waals surface area contributed by atoms with E-state index in [1.807, 2.05) is 48.5 Å². The third-order valence-electron chi connectivity index (χ3n) is 10.8. The molecule has 5 aromatic rings. The minimum Gasteiger partial charge on any atom is -0.368 e. The summed E-state index contributed by atoms with van der Waals surface area (Å²) in [5, 5.41) is 17.2. The number of urea groups is 1. The van der Waals surface area contributed by atoms with Gasteiger partial charge in [0.2, 0.25) is 11.9 Å². The Hall–Kier alpha value is -7.29. The lowest BCUT2D eigenvalue weighted by Crippen LogP contribution is -2.49. The Morgan fingerprint density at radius 1 is 0.800 bits per heavy atom. The summed E-state index contributed by atoms with van der Waals surface area (Å²) in [6.45, 7) is 4.21. The second kappa shape index (κ2) is 16.5. The number of rotatable bonds is 9. The zero-order valence-electron chi connectivity index (χ0n) is 32.0. The van der Waals surface area contributed by atoms with Crippen molar-refractivity contribution in [3.8, 4) is 6.07 Å². The monoisotopic (exact) mass is 819 g/mol. The number of carbonyl (C=O) groups is 3. The topological polar surface area (TPSA) is 163 Å². The third kappa shape index (κ3) is 8.46. The summed E-state index contributed by atoms with van der Waals surface area (Å²) in [6, 6.07) is 23.1. The van der Waals surface area contributed by atoms with Gasteiger partial charge in [0.1, 0.15) is 18.0 Å². The van der Waals surface area contributed by atoms with Gasteiger partial charge in [0.15, 0.2) is 0 Å². The van der Waals surface area contributed by atoms with Gasteiger partial charge < -0.3 is 25.3 Å². The minimum atomic E-state index is -4.68. The molecule has 306 valence electrons. The predicted molar refractivity (Wildman–Crippen MR) is 214 cm³/mol. The highest BCUT2D eigenvalue weighted by atomic mass is 19.4. The van der Waals surface area contributed by atoms with Crippen LogP contribution < -0.4 is 35.6 Å². The van der Waals surface area contributed by atoms with Gasteiger partial charge in [-0.3, -0.25) is 19.8 Å². The molecule has 0 radical (unpaired) electrons. The second-order valence-electron chi connectivity index (χ2n) is 14.4. The molecule has 0 aliphatic carbocycles. The van der Waals surface area contributed by atoms with Gasteiger partial charge in [-0.1, -0.05) is 12.1 Å². The maximum atomic E-state index is 15.2. The van der Waals surface area contributed by atoms with Crippen LogP contribution in [0.4, 0.5) is 56.7 Å². The summed E-state index contributed by atoms with van der Waals surface area (Å²) < 4.78 is 55.9. The van der Waals surface area contributed by atoms with Crippen molar-refractivity contribution in [1.82, 2.24) is 25.6 Å². The number of benzene rings is 3. The highest BCUT2D eigenvalue weighted by Gasteiger charge is 2.35. The Balaban J connectivity index is 0.824. The highest BCUT2D eigenvalue weighted by molar-refractivity contribution is 6.05. The van der Waals surface area contributed by atoms with Crippen LogP contribution in [0.5, 0.6) is 0 Å². The predicted octanol–water partition coefficient (Wildman–Crippen LogP) is 5.91.